The Balaban J connectivity index is 1.82. The Morgan fingerprint density at radius 1 is 1.60 bits per heavy atom. The minimum absolute atomic E-state index is 0.254. The van der Waals surface area contributed by atoms with Crippen molar-refractivity contribution in [2.24, 2.45) is 0 Å². The molecule has 1 aromatic rings. The summed E-state index contributed by atoms with van der Waals surface area (Å²) in [6.07, 6.45) is 2.47. The first kappa shape index (κ1) is 10.7. The standard InChI is InChI=1S/C9H14ClN3O2/c1-6(10)8-12-13-9(15-8)11-5-7-3-2-4-14-7/h6-7H,2-5H2,1H3,(H,11,13). The van der Waals surface area contributed by atoms with Gasteiger partial charge in [0.1, 0.15) is 5.38 Å². The van der Waals surface area contributed by atoms with Gasteiger partial charge in [0.15, 0.2) is 0 Å². The summed E-state index contributed by atoms with van der Waals surface area (Å²) in [4.78, 5) is 0. The fourth-order valence-electron chi connectivity index (χ4n) is 1.47. The molecule has 6 heteroatoms. The molecule has 1 aliphatic heterocycles. The first-order valence-corrected chi connectivity index (χ1v) is 5.52. The first-order valence-electron chi connectivity index (χ1n) is 5.08. The Morgan fingerprint density at radius 2 is 2.47 bits per heavy atom. The SMILES string of the molecule is CC(Cl)c1nnc(NCC2CCCO2)o1. The fourth-order valence-corrected chi connectivity index (χ4v) is 1.56. The molecule has 1 aromatic heterocycles. The number of hydrogen-bond acceptors (Lipinski definition) is 5. The predicted octanol–water partition coefficient (Wildman–Crippen LogP) is 1.96. The second kappa shape index (κ2) is 4.81. The van der Waals surface area contributed by atoms with E-state index in [1.165, 1.54) is 0 Å². The van der Waals surface area contributed by atoms with Crippen molar-refractivity contribution in [2.45, 2.75) is 31.2 Å². The first-order chi connectivity index (χ1) is 7.25. The summed E-state index contributed by atoms with van der Waals surface area (Å²) in [5.41, 5.74) is 0. The number of nitrogens with zero attached hydrogens (tertiary/aromatic N) is 2. The van der Waals surface area contributed by atoms with Crippen molar-refractivity contribution in [3.8, 4) is 0 Å². The van der Waals surface area contributed by atoms with Crippen molar-refractivity contribution in [3.63, 3.8) is 0 Å². The van der Waals surface area contributed by atoms with Gasteiger partial charge >= 0.3 is 6.01 Å². The molecule has 1 fully saturated rings. The molecule has 1 aliphatic rings. The van der Waals surface area contributed by atoms with Gasteiger partial charge in [0.25, 0.3) is 0 Å². The van der Waals surface area contributed by atoms with Gasteiger partial charge in [0, 0.05) is 13.2 Å². The number of alkyl halides is 1. The maximum absolute atomic E-state index is 5.80. The van der Waals surface area contributed by atoms with Crippen LogP contribution in [-0.2, 0) is 4.74 Å². The normalized spacial score (nSPS) is 22.9. The molecule has 5 nitrogen and oxygen atoms in total. The van der Waals surface area contributed by atoms with E-state index >= 15 is 0 Å². The van der Waals surface area contributed by atoms with Crippen LogP contribution in [0.25, 0.3) is 0 Å². The zero-order chi connectivity index (χ0) is 10.7. The molecule has 2 atom stereocenters. The van der Waals surface area contributed by atoms with Crippen LogP contribution >= 0.6 is 11.6 Å². The van der Waals surface area contributed by atoms with Crippen molar-refractivity contribution in [2.75, 3.05) is 18.5 Å². The highest BCUT2D eigenvalue weighted by atomic mass is 35.5. The molecule has 1 N–H and O–H groups in total. The zero-order valence-corrected chi connectivity index (χ0v) is 9.33. The van der Waals surface area contributed by atoms with Crippen LogP contribution in [0.2, 0.25) is 0 Å². The molecule has 0 spiro atoms. The van der Waals surface area contributed by atoms with Gasteiger partial charge < -0.3 is 14.5 Å². The van der Waals surface area contributed by atoms with E-state index in [-0.39, 0.29) is 11.5 Å². The third kappa shape index (κ3) is 2.82. The molecule has 0 saturated carbocycles. The molecule has 0 bridgehead atoms. The average Bonchev–Trinajstić information content (AvgIpc) is 2.86. The van der Waals surface area contributed by atoms with E-state index in [2.05, 4.69) is 15.5 Å². The van der Waals surface area contributed by atoms with Gasteiger partial charge in [0.05, 0.1) is 6.10 Å². The van der Waals surface area contributed by atoms with E-state index < -0.39 is 0 Å². The monoisotopic (exact) mass is 231 g/mol. The maximum atomic E-state index is 5.80. The van der Waals surface area contributed by atoms with Gasteiger partial charge in [-0.3, -0.25) is 0 Å². The van der Waals surface area contributed by atoms with Crippen molar-refractivity contribution < 1.29 is 9.15 Å². The van der Waals surface area contributed by atoms with E-state index in [0.717, 1.165) is 19.4 Å². The van der Waals surface area contributed by atoms with E-state index in [1.54, 1.807) is 6.92 Å². The number of hydrogen-bond donors (Lipinski definition) is 1. The van der Waals surface area contributed by atoms with Gasteiger partial charge in [-0.1, -0.05) is 5.10 Å². The molecule has 84 valence electrons. The molecule has 0 aliphatic carbocycles. The summed E-state index contributed by atoms with van der Waals surface area (Å²) in [5, 5.41) is 10.4. The summed E-state index contributed by atoms with van der Waals surface area (Å²) in [5.74, 6) is 0.437. The zero-order valence-electron chi connectivity index (χ0n) is 8.57. The highest BCUT2D eigenvalue weighted by molar-refractivity contribution is 6.20. The molecule has 0 radical (unpaired) electrons. The van der Waals surface area contributed by atoms with Crippen LogP contribution in [-0.4, -0.2) is 29.5 Å². The highest BCUT2D eigenvalue weighted by Crippen LogP contribution is 2.19. The number of nitrogens with one attached hydrogen (secondary N) is 1. The number of anilines is 1. The Bertz CT molecular complexity index is 310. The van der Waals surface area contributed by atoms with Crippen molar-refractivity contribution in [1.82, 2.24) is 10.2 Å². The summed E-state index contributed by atoms with van der Waals surface area (Å²) in [6.45, 7) is 3.34. The van der Waals surface area contributed by atoms with Crippen LogP contribution in [0.3, 0.4) is 0 Å². The Morgan fingerprint density at radius 3 is 3.07 bits per heavy atom. The summed E-state index contributed by atoms with van der Waals surface area (Å²) >= 11 is 5.80. The smallest absolute Gasteiger partial charge is 0.315 e. The second-order valence-corrected chi connectivity index (χ2v) is 4.23. The van der Waals surface area contributed by atoms with E-state index in [9.17, 15) is 0 Å². The highest BCUT2D eigenvalue weighted by Gasteiger charge is 2.16. The van der Waals surface area contributed by atoms with Crippen LogP contribution in [0.15, 0.2) is 4.42 Å². The maximum Gasteiger partial charge on any atom is 0.315 e. The van der Waals surface area contributed by atoms with Crippen molar-refractivity contribution >= 4 is 17.6 Å². The quantitative estimate of drug-likeness (QED) is 0.803. The number of ether oxygens (including phenoxy) is 1. The van der Waals surface area contributed by atoms with E-state index in [0.29, 0.717) is 18.5 Å². The predicted molar refractivity (Wildman–Crippen MR) is 56.0 cm³/mol. The molecule has 2 rings (SSSR count). The van der Waals surface area contributed by atoms with E-state index in [1.807, 2.05) is 0 Å². The fraction of sp³-hybridized carbons (Fsp3) is 0.778. The van der Waals surface area contributed by atoms with Crippen LogP contribution in [0.1, 0.15) is 31.0 Å². The minimum atomic E-state index is -0.254. The van der Waals surface area contributed by atoms with Crippen LogP contribution in [0.5, 0.6) is 0 Å². The second-order valence-electron chi connectivity index (χ2n) is 3.58. The third-order valence-corrected chi connectivity index (χ3v) is 2.47. The van der Waals surface area contributed by atoms with Crippen molar-refractivity contribution in [3.05, 3.63) is 5.89 Å². The minimum Gasteiger partial charge on any atom is -0.407 e. The number of rotatable bonds is 4. The molecule has 2 heterocycles. The van der Waals surface area contributed by atoms with Gasteiger partial charge in [-0.15, -0.1) is 16.7 Å². The van der Waals surface area contributed by atoms with Crippen LogP contribution in [0.4, 0.5) is 6.01 Å². The van der Waals surface area contributed by atoms with E-state index in [4.69, 9.17) is 20.8 Å². The lowest BCUT2D eigenvalue weighted by atomic mass is 10.2. The Kier molecular flexibility index (Phi) is 3.43. The summed E-state index contributed by atoms with van der Waals surface area (Å²) in [6, 6.07) is 0.410. The van der Waals surface area contributed by atoms with Gasteiger partial charge in [-0.05, 0) is 19.8 Å². The molecular formula is C9H14ClN3O2. The lowest BCUT2D eigenvalue weighted by Crippen LogP contribution is -2.18. The number of aromatic nitrogens is 2. The molecule has 1 saturated heterocycles. The number of halogens is 1. The lowest BCUT2D eigenvalue weighted by Gasteiger charge is -2.08. The van der Waals surface area contributed by atoms with Gasteiger partial charge in [0.2, 0.25) is 5.89 Å². The Hall–Kier alpha value is -0.810. The summed E-state index contributed by atoms with van der Waals surface area (Å²) in [7, 11) is 0. The molecule has 0 aromatic carbocycles. The third-order valence-electron chi connectivity index (χ3n) is 2.29. The molecule has 2 unspecified atom stereocenters. The Labute approximate surface area is 93.1 Å². The average molecular weight is 232 g/mol. The lowest BCUT2D eigenvalue weighted by molar-refractivity contribution is 0.120. The largest absolute Gasteiger partial charge is 0.407 e. The topological polar surface area (TPSA) is 60.2 Å². The molecule has 0 amide bonds. The van der Waals surface area contributed by atoms with Crippen LogP contribution in [0, 0.1) is 0 Å². The molecular weight excluding hydrogens is 218 g/mol. The van der Waals surface area contributed by atoms with Gasteiger partial charge in [-0.25, -0.2) is 0 Å². The van der Waals surface area contributed by atoms with Crippen molar-refractivity contribution in [1.29, 1.82) is 0 Å². The summed E-state index contributed by atoms with van der Waals surface area (Å²) < 4.78 is 10.7. The molecule has 15 heavy (non-hydrogen) atoms. The van der Waals surface area contributed by atoms with Gasteiger partial charge in [-0.2, -0.15) is 0 Å². The van der Waals surface area contributed by atoms with Crippen LogP contribution < -0.4 is 5.32 Å².